The van der Waals surface area contributed by atoms with Gasteiger partial charge in [-0.25, -0.2) is 34.7 Å². The average molecular weight is 1070 g/mol. The van der Waals surface area contributed by atoms with E-state index in [0.29, 0.717) is 68.1 Å². The lowest BCUT2D eigenvalue weighted by Gasteiger charge is -2.21. The highest BCUT2D eigenvalue weighted by Gasteiger charge is 2.35. The molecular formula is C69H39F3N10. The third kappa shape index (κ3) is 8.45. The lowest BCUT2D eigenvalue weighted by molar-refractivity contribution is -0.137. The maximum atomic E-state index is 15.5. The summed E-state index contributed by atoms with van der Waals surface area (Å²) in [5.74, 6) is 2.62. The van der Waals surface area contributed by atoms with Crippen molar-refractivity contribution in [2.45, 2.75) is 6.18 Å². The molecule has 0 atom stereocenters. The third-order valence-electron chi connectivity index (χ3n) is 14.7. The summed E-state index contributed by atoms with van der Waals surface area (Å²) < 4.78 is 50.5. The number of rotatable bonds is 9. The van der Waals surface area contributed by atoms with E-state index in [4.69, 9.17) is 36.5 Å². The van der Waals surface area contributed by atoms with Gasteiger partial charge in [-0.05, 0) is 47.5 Å². The van der Waals surface area contributed by atoms with Crippen molar-refractivity contribution in [2.24, 2.45) is 0 Å². The molecule has 386 valence electrons. The van der Waals surface area contributed by atoms with Gasteiger partial charge in [-0.15, -0.1) is 0 Å². The second-order valence-electron chi connectivity index (χ2n) is 19.6. The van der Waals surface area contributed by atoms with Crippen molar-refractivity contribution in [1.29, 1.82) is 5.26 Å². The number of halogens is 3. The average Bonchev–Trinajstić information content (AvgIpc) is 4.16. The van der Waals surface area contributed by atoms with Crippen LogP contribution < -0.4 is 0 Å². The van der Waals surface area contributed by atoms with E-state index in [1.165, 1.54) is 12.1 Å². The third-order valence-corrected chi connectivity index (χ3v) is 14.7. The van der Waals surface area contributed by atoms with Crippen LogP contribution in [0.1, 0.15) is 11.1 Å². The van der Waals surface area contributed by atoms with Crippen LogP contribution in [0.4, 0.5) is 18.9 Å². The standard InChI is InChI=1S/C69H39F3N10/c1-74-55-30-18-29-54(69(70,71)72)62(55)48-39-60(81-56-31-16-14-27-49(56)51-35-33-46(37-58(51)81)67-77-63(42-19-6-2-7-20-42)75-64(78-67)43-21-8-3-9-22-43)53(41-73)61(40-48)82-57-32-17-15-28-50(57)52-36-34-47(38-59(52)82)68-79-65(44-23-10-4-11-24-44)76-66(80-68)45-25-12-5-13-26-45/h2-40H. The van der Waals surface area contributed by atoms with Crippen molar-refractivity contribution >= 4 is 49.3 Å². The lowest BCUT2D eigenvalue weighted by atomic mass is 9.94. The van der Waals surface area contributed by atoms with Gasteiger partial charge in [0, 0.05) is 54.9 Å². The largest absolute Gasteiger partial charge is 0.415 e. The zero-order valence-electron chi connectivity index (χ0n) is 43.1. The number of fused-ring (bicyclic) bond motifs is 6. The Balaban J connectivity index is 1.07. The van der Waals surface area contributed by atoms with Crippen LogP contribution >= 0.6 is 0 Å². The van der Waals surface area contributed by atoms with Gasteiger partial charge in [0.05, 0.1) is 45.6 Å². The van der Waals surface area contributed by atoms with Crippen LogP contribution in [-0.2, 0) is 6.18 Å². The van der Waals surface area contributed by atoms with Gasteiger partial charge in [0.25, 0.3) is 0 Å². The molecule has 0 saturated heterocycles. The summed E-state index contributed by atoms with van der Waals surface area (Å²) in [5, 5.41) is 15.1. The number of alkyl halides is 3. The van der Waals surface area contributed by atoms with E-state index in [1.807, 2.05) is 215 Å². The number of hydrogen-bond donors (Lipinski definition) is 0. The molecule has 10 nitrogen and oxygen atoms in total. The van der Waals surface area contributed by atoms with Crippen LogP contribution in [0.25, 0.3) is 139 Å². The molecule has 0 N–H and O–H groups in total. The molecule has 0 aliphatic heterocycles. The Hall–Kier alpha value is -11.4. The van der Waals surface area contributed by atoms with Crippen molar-refractivity contribution in [3.05, 3.63) is 259 Å². The highest BCUT2D eigenvalue weighted by atomic mass is 19.4. The predicted molar refractivity (Wildman–Crippen MR) is 316 cm³/mol. The minimum Gasteiger partial charge on any atom is -0.308 e. The maximum Gasteiger partial charge on any atom is 0.415 e. The molecule has 14 aromatic rings. The van der Waals surface area contributed by atoms with E-state index in [1.54, 1.807) is 12.1 Å². The summed E-state index contributed by atoms with van der Waals surface area (Å²) >= 11 is 0. The topological polar surface area (TPSA) is 115 Å². The minimum absolute atomic E-state index is 0.0713. The van der Waals surface area contributed by atoms with Crippen LogP contribution in [0, 0.1) is 17.9 Å². The quantitative estimate of drug-likeness (QED) is 0.132. The Morgan fingerprint density at radius 3 is 1.09 bits per heavy atom. The first-order valence-corrected chi connectivity index (χ1v) is 26.2. The summed E-state index contributed by atoms with van der Waals surface area (Å²) in [6.45, 7) is 8.28. The van der Waals surface area contributed by atoms with Crippen molar-refractivity contribution in [1.82, 2.24) is 39.0 Å². The van der Waals surface area contributed by atoms with E-state index in [0.717, 1.165) is 49.9 Å². The van der Waals surface area contributed by atoms with E-state index in [-0.39, 0.29) is 33.8 Å². The molecule has 0 unspecified atom stereocenters. The molecule has 0 fully saturated rings. The Morgan fingerprint density at radius 1 is 0.366 bits per heavy atom. The molecular weight excluding hydrogens is 1030 g/mol. The van der Waals surface area contributed by atoms with E-state index >= 15 is 13.2 Å². The first kappa shape index (κ1) is 48.9. The predicted octanol–water partition coefficient (Wildman–Crippen LogP) is 17.4. The first-order chi connectivity index (χ1) is 40.2. The van der Waals surface area contributed by atoms with Gasteiger partial charge >= 0.3 is 6.18 Å². The van der Waals surface area contributed by atoms with Crippen molar-refractivity contribution in [3.8, 4) is 96.9 Å². The number of benzene rings is 10. The zero-order chi connectivity index (χ0) is 55.5. The van der Waals surface area contributed by atoms with Gasteiger partial charge in [-0.3, -0.25) is 0 Å². The fourth-order valence-electron chi connectivity index (χ4n) is 11.0. The Labute approximate surface area is 466 Å². The number of aromatic nitrogens is 8. The molecule has 4 heterocycles. The van der Waals surface area contributed by atoms with Crippen LogP contribution in [-0.4, -0.2) is 39.0 Å². The number of nitriles is 1. The molecule has 82 heavy (non-hydrogen) atoms. The second kappa shape index (κ2) is 19.8. The van der Waals surface area contributed by atoms with E-state index in [2.05, 4.69) is 10.9 Å². The van der Waals surface area contributed by atoms with Gasteiger partial charge in [0.15, 0.2) is 40.6 Å². The summed E-state index contributed by atoms with van der Waals surface area (Å²) in [5.41, 5.74) is 6.26. The molecule has 0 amide bonds. The van der Waals surface area contributed by atoms with E-state index in [9.17, 15) is 5.26 Å². The smallest absolute Gasteiger partial charge is 0.308 e. The number of nitrogens with zero attached hydrogens (tertiary/aromatic N) is 10. The molecule has 10 aromatic carbocycles. The van der Waals surface area contributed by atoms with Crippen molar-refractivity contribution in [3.63, 3.8) is 0 Å². The fourth-order valence-corrected chi connectivity index (χ4v) is 11.0. The molecule has 0 aliphatic carbocycles. The Morgan fingerprint density at radius 2 is 0.720 bits per heavy atom. The molecule has 0 aliphatic rings. The zero-order valence-corrected chi connectivity index (χ0v) is 43.1. The normalized spacial score (nSPS) is 11.6. The molecule has 0 saturated carbocycles. The van der Waals surface area contributed by atoms with Crippen LogP contribution in [0.3, 0.4) is 0 Å². The second-order valence-corrected chi connectivity index (χ2v) is 19.6. The summed E-state index contributed by atoms with van der Waals surface area (Å²) in [4.78, 5) is 33.7. The lowest BCUT2D eigenvalue weighted by Crippen LogP contribution is -2.09. The van der Waals surface area contributed by atoms with Crippen LogP contribution in [0.5, 0.6) is 0 Å². The highest BCUT2D eigenvalue weighted by molar-refractivity contribution is 6.12. The summed E-state index contributed by atoms with van der Waals surface area (Å²) in [6.07, 6.45) is -4.86. The Bertz CT molecular complexity index is 4550. The Kier molecular flexibility index (Phi) is 11.8. The molecule has 0 radical (unpaired) electrons. The maximum absolute atomic E-state index is 15.5. The molecule has 13 heteroatoms. The van der Waals surface area contributed by atoms with Gasteiger partial charge in [-0.1, -0.05) is 200 Å². The van der Waals surface area contributed by atoms with Gasteiger partial charge in [0.1, 0.15) is 11.6 Å². The summed E-state index contributed by atoms with van der Waals surface area (Å²) in [6, 6.07) is 75.1. The molecule has 14 rings (SSSR count). The fraction of sp³-hybridized carbons (Fsp3) is 0.0145. The van der Waals surface area contributed by atoms with Crippen molar-refractivity contribution < 1.29 is 13.2 Å². The molecule has 4 aromatic heterocycles. The van der Waals surface area contributed by atoms with Crippen molar-refractivity contribution in [2.75, 3.05) is 0 Å². The first-order valence-electron chi connectivity index (χ1n) is 26.2. The SMILES string of the molecule is [C-]#[N+]c1cccc(C(F)(F)F)c1-c1cc(-n2c3ccccc3c3ccc(-c4nc(-c5ccccc5)nc(-c5ccccc5)n4)cc32)c(C#N)c(-n2c3ccccc3c3ccc(-c4nc(-c5ccccc5)nc(-c5ccccc5)n4)cc32)c1. The summed E-state index contributed by atoms with van der Waals surface area (Å²) in [7, 11) is 0. The van der Waals surface area contributed by atoms with E-state index < -0.39 is 11.7 Å². The molecule has 0 spiro atoms. The van der Waals surface area contributed by atoms with Crippen LogP contribution in [0.2, 0.25) is 0 Å². The van der Waals surface area contributed by atoms with Gasteiger partial charge in [-0.2, -0.15) is 18.4 Å². The van der Waals surface area contributed by atoms with Gasteiger partial charge < -0.3 is 9.13 Å². The highest BCUT2D eigenvalue weighted by Crippen LogP contribution is 2.47. The number of para-hydroxylation sites is 2. The monoisotopic (exact) mass is 1060 g/mol. The van der Waals surface area contributed by atoms with Crippen LogP contribution in [0.15, 0.2) is 237 Å². The molecule has 0 bridgehead atoms. The number of hydrogen-bond acceptors (Lipinski definition) is 7. The minimum atomic E-state index is -4.86. The van der Waals surface area contributed by atoms with Gasteiger partial charge in [0.2, 0.25) is 0 Å².